The van der Waals surface area contributed by atoms with E-state index in [4.69, 9.17) is 14.6 Å². The van der Waals surface area contributed by atoms with Gasteiger partial charge in [0.2, 0.25) is 0 Å². The van der Waals surface area contributed by atoms with Crippen molar-refractivity contribution in [3.05, 3.63) is 53.3 Å². The molecule has 0 saturated carbocycles. The average Bonchev–Trinajstić information content (AvgIpc) is 3.49. The zero-order valence-electron chi connectivity index (χ0n) is 18.0. The van der Waals surface area contributed by atoms with Crippen LogP contribution in [-0.2, 0) is 6.54 Å². The molecule has 2 aromatic carbocycles. The minimum atomic E-state index is 0.0736. The SMILES string of the molecule is COc1cc(C)c2[nH]ccc2c1Cn1cc2ccc(C#N)c(OC3CCN(C)C3)c2n1. The van der Waals surface area contributed by atoms with Crippen LogP contribution in [0.25, 0.3) is 21.8 Å². The van der Waals surface area contributed by atoms with E-state index in [1.165, 1.54) is 0 Å². The molecule has 2 aromatic heterocycles. The van der Waals surface area contributed by atoms with Crippen molar-refractivity contribution in [2.75, 3.05) is 27.2 Å². The van der Waals surface area contributed by atoms with E-state index >= 15 is 0 Å². The number of aromatic amines is 1. The fourth-order valence-electron chi connectivity index (χ4n) is 4.50. The van der Waals surface area contributed by atoms with Gasteiger partial charge in [0.15, 0.2) is 5.75 Å². The maximum Gasteiger partial charge on any atom is 0.165 e. The third-order valence-electron chi connectivity index (χ3n) is 6.08. The number of likely N-dealkylation sites (N-methyl/N-ethyl adjacent to an activating group) is 1. The number of aryl methyl sites for hydroxylation is 1. The van der Waals surface area contributed by atoms with Gasteiger partial charge in [-0.25, -0.2) is 0 Å². The van der Waals surface area contributed by atoms with Gasteiger partial charge in [0.25, 0.3) is 0 Å². The molecule has 4 aromatic rings. The average molecular weight is 415 g/mol. The van der Waals surface area contributed by atoms with Crippen molar-refractivity contribution in [3.8, 4) is 17.6 Å². The fraction of sp³-hybridized carbons (Fsp3) is 0.333. The van der Waals surface area contributed by atoms with E-state index in [0.717, 1.165) is 58.2 Å². The molecule has 1 N–H and O–H groups in total. The first-order chi connectivity index (χ1) is 15.1. The molecule has 0 amide bonds. The van der Waals surface area contributed by atoms with Crippen LogP contribution in [0.5, 0.6) is 11.5 Å². The van der Waals surface area contributed by atoms with Gasteiger partial charge in [0.1, 0.15) is 23.4 Å². The molecule has 1 fully saturated rings. The Hall–Kier alpha value is -3.50. The zero-order chi connectivity index (χ0) is 21.5. The molecule has 31 heavy (non-hydrogen) atoms. The predicted octanol–water partition coefficient (Wildman–Crippen LogP) is 3.84. The summed E-state index contributed by atoms with van der Waals surface area (Å²) in [5, 5.41) is 16.5. The summed E-state index contributed by atoms with van der Waals surface area (Å²) in [6.07, 6.45) is 4.97. The molecule has 0 aliphatic carbocycles. The number of likely N-dealkylation sites (tertiary alicyclic amines) is 1. The summed E-state index contributed by atoms with van der Waals surface area (Å²) in [7, 11) is 3.78. The number of H-pyrrole nitrogens is 1. The zero-order valence-corrected chi connectivity index (χ0v) is 18.0. The summed E-state index contributed by atoms with van der Waals surface area (Å²) in [5.74, 6) is 1.43. The van der Waals surface area contributed by atoms with Crippen LogP contribution in [0.2, 0.25) is 0 Å². The minimum Gasteiger partial charge on any atom is -0.496 e. The predicted molar refractivity (Wildman–Crippen MR) is 120 cm³/mol. The van der Waals surface area contributed by atoms with E-state index < -0.39 is 0 Å². The van der Waals surface area contributed by atoms with Gasteiger partial charge in [-0.2, -0.15) is 10.4 Å². The number of nitriles is 1. The lowest BCUT2D eigenvalue weighted by Crippen LogP contribution is -2.21. The van der Waals surface area contributed by atoms with Crippen molar-refractivity contribution in [1.29, 1.82) is 5.26 Å². The molecule has 1 atom stereocenters. The first-order valence-corrected chi connectivity index (χ1v) is 10.5. The number of hydrogen-bond acceptors (Lipinski definition) is 5. The molecule has 0 spiro atoms. The number of aromatic nitrogens is 3. The molecule has 1 saturated heterocycles. The second kappa shape index (κ2) is 7.64. The molecular formula is C24H25N5O2. The van der Waals surface area contributed by atoms with E-state index in [1.54, 1.807) is 7.11 Å². The van der Waals surface area contributed by atoms with Gasteiger partial charge in [-0.05, 0) is 50.2 Å². The molecular weight excluding hydrogens is 390 g/mol. The van der Waals surface area contributed by atoms with Crippen LogP contribution in [0.4, 0.5) is 0 Å². The van der Waals surface area contributed by atoms with Crippen LogP contribution in [0, 0.1) is 18.3 Å². The summed E-state index contributed by atoms with van der Waals surface area (Å²) in [6, 6.07) is 10.1. The number of fused-ring (bicyclic) bond motifs is 2. The highest BCUT2D eigenvalue weighted by Crippen LogP contribution is 2.33. The smallest absolute Gasteiger partial charge is 0.165 e. The Morgan fingerprint density at radius 1 is 1.32 bits per heavy atom. The van der Waals surface area contributed by atoms with E-state index in [9.17, 15) is 5.26 Å². The minimum absolute atomic E-state index is 0.0736. The third kappa shape index (κ3) is 3.39. The van der Waals surface area contributed by atoms with Crippen LogP contribution in [0.3, 0.4) is 0 Å². The Kier molecular flexibility index (Phi) is 4.79. The van der Waals surface area contributed by atoms with Gasteiger partial charge in [-0.3, -0.25) is 4.68 Å². The molecule has 3 heterocycles. The lowest BCUT2D eigenvalue weighted by Gasteiger charge is -2.15. The number of methoxy groups -OCH3 is 1. The van der Waals surface area contributed by atoms with Crippen molar-refractivity contribution < 1.29 is 9.47 Å². The number of nitrogens with zero attached hydrogens (tertiary/aromatic N) is 4. The van der Waals surface area contributed by atoms with Crippen molar-refractivity contribution in [2.24, 2.45) is 0 Å². The maximum atomic E-state index is 9.64. The van der Waals surface area contributed by atoms with E-state index in [0.29, 0.717) is 17.9 Å². The lowest BCUT2D eigenvalue weighted by molar-refractivity contribution is 0.209. The fourth-order valence-corrected chi connectivity index (χ4v) is 4.50. The van der Waals surface area contributed by atoms with Gasteiger partial charge >= 0.3 is 0 Å². The van der Waals surface area contributed by atoms with Gasteiger partial charge in [0.05, 0.1) is 19.2 Å². The molecule has 7 nitrogen and oxygen atoms in total. The number of benzene rings is 2. The summed E-state index contributed by atoms with van der Waals surface area (Å²) >= 11 is 0. The number of hydrogen-bond donors (Lipinski definition) is 1. The molecule has 7 heteroatoms. The van der Waals surface area contributed by atoms with Crippen molar-refractivity contribution >= 4 is 21.8 Å². The number of ether oxygens (including phenoxy) is 2. The van der Waals surface area contributed by atoms with Crippen LogP contribution < -0.4 is 9.47 Å². The van der Waals surface area contributed by atoms with E-state index in [-0.39, 0.29) is 6.10 Å². The standard InChI is InChI=1S/C24H25N5O2/c1-15-10-21(30-3)20(19-6-8-26-22(15)19)14-29-12-17-5-4-16(11-25)24(23(17)27-29)31-18-7-9-28(2)13-18/h4-6,8,10,12,18,26H,7,9,13-14H2,1-3H3. The van der Waals surface area contributed by atoms with Crippen LogP contribution in [0.15, 0.2) is 36.7 Å². The molecule has 1 aliphatic heterocycles. The summed E-state index contributed by atoms with van der Waals surface area (Å²) in [5.41, 5.74) is 4.56. The lowest BCUT2D eigenvalue weighted by atomic mass is 10.0. The second-order valence-electron chi connectivity index (χ2n) is 8.25. The first kappa shape index (κ1) is 19.5. The first-order valence-electron chi connectivity index (χ1n) is 10.5. The van der Waals surface area contributed by atoms with Crippen LogP contribution >= 0.6 is 0 Å². The highest BCUT2D eigenvalue weighted by molar-refractivity contribution is 5.89. The Bertz CT molecular complexity index is 1310. The Morgan fingerprint density at radius 3 is 2.94 bits per heavy atom. The Labute approximate surface area is 180 Å². The quantitative estimate of drug-likeness (QED) is 0.536. The summed E-state index contributed by atoms with van der Waals surface area (Å²) in [4.78, 5) is 5.55. The van der Waals surface area contributed by atoms with E-state index in [2.05, 4.69) is 42.1 Å². The van der Waals surface area contributed by atoms with Crippen molar-refractivity contribution in [1.82, 2.24) is 19.7 Å². The molecule has 5 rings (SSSR count). The number of rotatable bonds is 5. The molecule has 0 radical (unpaired) electrons. The number of nitrogens with one attached hydrogen (secondary N) is 1. The van der Waals surface area contributed by atoms with E-state index in [1.807, 2.05) is 29.2 Å². The summed E-state index contributed by atoms with van der Waals surface area (Å²) < 4.78 is 13.9. The highest BCUT2D eigenvalue weighted by atomic mass is 16.5. The normalized spacial score (nSPS) is 16.8. The molecule has 1 aliphatic rings. The Morgan fingerprint density at radius 2 is 2.19 bits per heavy atom. The second-order valence-corrected chi connectivity index (χ2v) is 8.25. The Balaban J connectivity index is 1.56. The highest BCUT2D eigenvalue weighted by Gasteiger charge is 2.24. The molecule has 0 bridgehead atoms. The van der Waals surface area contributed by atoms with Crippen LogP contribution in [0.1, 0.15) is 23.1 Å². The topological polar surface area (TPSA) is 79.1 Å². The molecule has 1 unspecified atom stereocenters. The van der Waals surface area contributed by atoms with Gasteiger partial charge < -0.3 is 19.4 Å². The van der Waals surface area contributed by atoms with Gasteiger partial charge in [-0.1, -0.05) is 0 Å². The largest absolute Gasteiger partial charge is 0.496 e. The van der Waals surface area contributed by atoms with Crippen LogP contribution in [-0.4, -0.2) is 53.0 Å². The third-order valence-corrected chi connectivity index (χ3v) is 6.08. The van der Waals surface area contributed by atoms with Gasteiger partial charge in [-0.15, -0.1) is 0 Å². The van der Waals surface area contributed by atoms with Crippen molar-refractivity contribution in [2.45, 2.75) is 26.0 Å². The molecule has 158 valence electrons. The van der Waals surface area contributed by atoms with Crippen molar-refractivity contribution in [3.63, 3.8) is 0 Å². The van der Waals surface area contributed by atoms with Gasteiger partial charge in [0, 0.05) is 47.3 Å². The summed E-state index contributed by atoms with van der Waals surface area (Å²) in [6.45, 7) is 4.48. The monoisotopic (exact) mass is 415 g/mol. The maximum absolute atomic E-state index is 9.64.